The minimum absolute atomic E-state index is 0.106. The molecule has 0 aromatic heterocycles. The van der Waals surface area contributed by atoms with Crippen LogP contribution in [0.5, 0.6) is 5.75 Å². The van der Waals surface area contributed by atoms with Crippen LogP contribution in [0.4, 0.5) is 0 Å². The number of Topliss-reactive ketones (excluding diaryl/α,β-unsaturated/α-hetero) is 1. The molecule has 0 N–H and O–H groups in total. The average molecular weight is 346 g/mol. The lowest BCUT2D eigenvalue weighted by molar-refractivity contribution is 0.0889. The molecule has 3 aromatic carbocycles. The van der Waals surface area contributed by atoms with E-state index >= 15 is 0 Å². The van der Waals surface area contributed by atoms with Gasteiger partial charge in [-0.3, -0.25) is 4.79 Å². The number of hydrogen-bond donors (Lipinski definition) is 0. The van der Waals surface area contributed by atoms with Crippen LogP contribution in [0.25, 0.3) is 0 Å². The van der Waals surface area contributed by atoms with Gasteiger partial charge in [-0.05, 0) is 35.4 Å². The second kappa shape index (κ2) is 9.54. The predicted octanol–water partition coefficient (Wildman–Crippen LogP) is 4.71. The van der Waals surface area contributed by atoms with Gasteiger partial charge in [0.05, 0.1) is 13.2 Å². The largest absolute Gasteiger partial charge is 0.491 e. The van der Waals surface area contributed by atoms with Crippen molar-refractivity contribution in [2.24, 2.45) is 0 Å². The number of ether oxygens (including phenoxy) is 2. The summed E-state index contributed by atoms with van der Waals surface area (Å²) >= 11 is 0. The van der Waals surface area contributed by atoms with E-state index in [-0.39, 0.29) is 5.78 Å². The van der Waals surface area contributed by atoms with Gasteiger partial charge in [0.25, 0.3) is 0 Å². The predicted molar refractivity (Wildman–Crippen MR) is 103 cm³/mol. The highest BCUT2D eigenvalue weighted by Gasteiger charge is 2.07. The van der Waals surface area contributed by atoms with Crippen molar-refractivity contribution >= 4 is 5.78 Å². The molecular weight excluding hydrogens is 324 g/mol. The van der Waals surface area contributed by atoms with Gasteiger partial charge in [0, 0.05) is 12.0 Å². The molecule has 26 heavy (non-hydrogen) atoms. The van der Waals surface area contributed by atoms with Crippen molar-refractivity contribution in [2.45, 2.75) is 13.0 Å². The number of carbonyl (C=O) groups is 1. The molecule has 0 saturated carbocycles. The van der Waals surface area contributed by atoms with Crippen LogP contribution in [0.2, 0.25) is 0 Å². The van der Waals surface area contributed by atoms with Crippen molar-refractivity contribution < 1.29 is 14.3 Å². The summed E-state index contributed by atoms with van der Waals surface area (Å²) in [6.45, 7) is 1.57. The average Bonchev–Trinajstić information content (AvgIpc) is 2.70. The van der Waals surface area contributed by atoms with Gasteiger partial charge in [-0.15, -0.1) is 0 Å². The maximum Gasteiger partial charge on any atom is 0.167 e. The van der Waals surface area contributed by atoms with E-state index in [1.807, 2.05) is 84.9 Å². The molecule has 3 aromatic rings. The SMILES string of the molecule is O=C(Cc1ccccc1)c1ccc(OCCOCc2ccccc2)cc1. The van der Waals surface area contributed by atoms with E-state index in [9.17, 15) is 4.79 Å². The molecule has 0 saturated heterocycles. The van der Waals surface area contributed by atoms with E-state index in [1.54, 1.807) is 0 Å². The molecule has 0 aliphatic rings. The van der Waals surface area contributed by atoms with E-state index < -0.39 is 0 Å². The highest BCUT2D eigenvalue weighted by atomic mass is 16.5. The molecule has 0 atom stereocenters. The Bertz CT molecular complexity index is 796. The lowest BCUT2D eigenvalue weighted by Crippen LogP contribution is -2.07. The first-order valence-corrected chi connectivity index (χ1v) is 8.73. The second-order valence-corrected chi connectivity index (χ2v) is 6.00. The van der Waals surface area contributed by atoms with E-state index in [1.165, 1.54) is 0 Å². The molecule has 0 bridgehead atoms. The van der Waals surface area contributed by atoms with Crippen LogP contribution in [0.15, 0.2) is 84.9 Å². The topological polar surface area (TPSA) is 35.5 Å². The van der Waals surface area contributed by atoms with Crippen molar-refractivity contribution in [1.82, 2.24) is 0 Å². The molecule has 0 fully saturated rings. The van der Waals surface area contributed by atoms with Crippen molar-refractivity contribution in [2.75, 3.05) is 13.2 Å². The second-order valence-electron chi connectivity index (χ2n) is 6.00. The summed E-state index contributed by atoms with van der Waals surface area (Å²) in [5.41, 5.74) is 2.86. The molecule has 0 spiro atoms. The zero-order valence-corrected chi connectivity index (χ0v) is 14.6. The molecule has 0 amide bonds. The first-order valence-electron chi connectivity index (χ1n) is 8.73. The van der Waals surface area contributed by atoms with Crippen molar-refractivity contribution in [3.8, 4) is 5.75 Å². The Morgan fingerprint density at radius 2 is 1.31 bits per heavy atom. The van der Waals surface area contributed by atoms with Gasteiger partial charge < -0.3 is 9.47 Å². The van der Waals surface area contributed by atoms with Crippen LogP contribution in [0.1, 0.15) is 21.5 Å². The number of carbonyl (C=O) groups excluding carboxylic acids is 1. The van der Waals surface area contributed by atoms with Crippen molar-refractivity contribution in [1.29, 1.82) is 0 Å². The zero-order valence-electron chi connectivity index (χ0n) is 14.6. The van der Waals surface area contributed by atoms with Crippen LogP contribution in [0.3, 0.4) is 0 Å². The summed E-state index contributed by atoms with van der Waals surface area (Å²) in [7, 11) is 0. The summed E-state index contributed by atoms with van der Waals surface area (Å²) in [6.07, 6.45) is 0.411. The van der Waals surface area contributed by atoms with Gasteiger partial charge in [-0.1, -0.05) is 60.7 Å². The Hall–Kier alpha value is -2.91. The third kappa shape index (κ3) is 5.57. The van der Waals surface area contributed by atoms with Crippen LogP contribution in [0, 0.1) is 0 Å². The molecule has 0 unspecified atom stereocenters. The van der Waals surface area contributed by atoms with Gasteiger partial charge in [0.1, 0.15) is 12.4 Å². The van der Waals surface area contributed by atoms with Gasteiger partial charge in [0.2, 0.25) is 0 Å². The summed E-state index contributed by atoms with van der Waals surface area (Å²) in [5, 5.41) is 0. The molecule has 0 heterocycles. The van der Waals surface area contributed by atoms with Crippen LogP contribution < -0.4 is 4.74 Å². The summed E-state index contributed by atoms with van der Waals surface area (Å²) in [6, 6.07) is 27.1. The monoisotopic (exact) mass is 346 g/mol. The first-order chi connectivity index (χ1) is 12.8. The molecule has 0 aliphatic heterocycles. The highest BCUT2D eigenvalue weighted by molar-refractivity contribution is 5.97. The fraction of sp³-hybridized carbons (Fsp3) is 0.174. The van der Waals surface area contributed by atoms with E-state index in [2.05, 4.69) is 0 Å². The standard InChI is InChI=1S/C23H22O3/c24-23(17-19-7-3-1-4-8-19)21-11-13-22(14-12-21)26-16-15-25-18-20-9-5-2-6-10-20/h1-14H,15-18H2. The van der Waals surface area contributed by atoms with Gasteiger partial charge in [-0.2, -0.15) is 0 Å². The Morgan fingerprint density at radius 3 is 1.96 bits per heavy atom. The number of rotatable bonds is 9. The van der Waals surface area contributed by atoms with E-state index in [0.717, 1.165) is 16.9 Å². The molecule has 0 radical (unpaired) electrons. The van der Waals surface area contributed by atoms with Crippen LogP contribution in [-0.2, 0) is 17.8 Å². The third-order valence-corrected chi connectivity index (χ3v) is 3.99. The maximum atomic E-state index is 12.3. The van der Waals surface area contributed by atoms with Gasteiger partial charge in [0.15, 0.2) is 5.78 Å². The smallest absolute Gasteiger partial charge is 0.167 e. The summed E-state index contributed by atoms with van der Waals surface area (Å²) < 4.78 is 11.3. The molecule has 0 aliphatic carbocycles. The summed E-state index contributed by atoms with van der Waals surface area (Å²) in [5.74, 6) is 0.846. The normalized spacial score (nSPS) is 10.5. The lowest BCUT2D eigenvalue weighted by Gasteiger charge is -2.08. The first kappa shape index (κ1) is 17.9. The van der Waals surface area contributed by atoms with Crippen LogP contribution >= 0.6 is 0 Å². The Morgan fingerprint density at radius 1 is 0.692 bits per heavy atom. The molecule has 3 heteroatoms. The van der Waals surface area contributed by atoms with Gasteiger partial charge in [-0.25, -0.2) is 0 Å². The van der Waals surface area contributed by atoms with Crippen molar-refractivity contribution in [3.63, 3.8) is 0 Å². The van der Waals surface area contributed by atoms with Crippen molar-refractivity contribution in [3.05, 3.63) is 102 Å². The fourth-order valence-corrected chi connectivity index (χ4v) is 2.60. The molecule has 132 valence electrons. The third-order valence-electron chi connectivity index (χ3n) is 3.99. The van der Waals surface area contributed by atoms with E-state index in [0.29, 0.717) is 31.8 Å². The lowest BCUT2D eigenvalue weighted by atomic mass is 10.0. The molecule has 3 rings (SSSR count). The number of hydrogen-bond acceptors (Lipinski definition) is 3. The minimum atomic E-state index is 0.106. The van der Waals surface area contributed by atoms with Crippen LogP contribution in [-0.4, -0.2) is 19.0 Å². The fourth-order valence-electron chi connectivity index (χ4n) is 2.60. The minimum Gasteiger partial charge on any atom is -0.491 e. The maximum absolute atomic E-state index is 12.3. The quantitative estimate of drug-likeness (QED) is 0.416. The number of ketones is 1. The number of benzene rings is 3. The van der Waals surface area contributed by atoms with Gasteiger partial charge >= 0.3 is 0 Å². The Labute approximate surface area is 154 Å². The summed E-state index contributed by atoms with van der Waals surface area (Å²) in [4.78, 5) is 12.3. The Balaban J connectivity index is 1.40. The van der Waals surface area contributed by atoms with E-state index in [4.69, 9.17) is 9.47 Å². The molecule has 3 nitrogen and oxygen atoms in total. The highest BCUT2D eigenvalue weighted by Crippen LogP contribution is 2.14. The zero-order chi connectivity index (χ0) is 18.0. The molecular formula is C23H22O3. The Kier molecular flexibility index (Phi) is 6.57.